The minimum absolute atomic E-state index is 0.276. The van der Waals surface area contributed by atoms with Gasteiger partial charge in [0.05, 0.1) is 12.6 Å². The van der Waals surface area contributed by atoms with Gasteiger partial charge in [-0.25, -0.2) is 13.2 Å². The second-order valence-electron chi connectivity index (χ2n) is 6.70. The van der Waals surface area contributed by atoms with Gasteiger partial charge in [-0.05, 0) is 17.7 Å². The van der Waals surface area contributed by atoms with Crippen molar-refractivity contribution in [2.24, 2.45) is 0 Å². The van der Waals surface area contributed by atoms with Gasteiger partial charge in [0.25, 0.3) is 0 Å². The molecule has 0 N–H and O–H groups in total. The number of benzene rings is 2. The van der Waals surface area contributed by atoms with E-state index in [0.717, 1.165) is 0 Å². The first kappa shape index (κ1) is 21.6. The van der Waals surface area contributed by atoms with Gasteiger partial charge in [-0.3, -0.25) is 4.84 Å². The van der Waals surface area contributed by atoms with Gasteiger partial charge in [0.15, 0.2) is 11.5 Å². The van der Waals surface area contributed by atoms with Gasteiger partial charge < -0.3 is 13.7 Å². The summed E-state index contributed by atoms with van der Waals surface area (Å²) in [6, 6.07) is 3.54. The Bertz CT molecular complexity index is 1120. The molecule has 4 rings (SSSR count). The Morgan fingerprint density at radius 3 is 2.16 bits per heavy atom. The predicted molar refractivity (Wildman–Crippen MR) is 93.5 cm³/mol. The van der Waals surface area contributed by atoms with Crippen LogP contribution in [0, 0.1) is 29.1 Å². The number of ether oxygens (including phenoxy) is 2. The van der Waals surface area contributed by atoms with Crippen LogP contribution in [0.15, 0.2) is 18.2 Å². The molecule has 2 unspecified atom stereocenters. The van der Waals surface area contributed by atoms with E-state index in [-0.39, 0.29) is 6.61 Å². The number of halogens is 5. The lowest BCUT2D eigenvalue weighted by Crippen LogP contribution is -2.34. The Morgan fingerprint density at radius 2 is 1.52 bits per heavy atom. The van der Waals surface area contributed by atoms with Gasteiger partial charge in [-0.2, -0.15) is 22.3 Å². The highest BCUT2D eigenvalue weighted by atomic mass is 32.2. The molecule has 1 saturated heterocycles. The van der Waals surface area contributed by atoms with E-state index in [4.69, 9.17) is 14.3 Å². The van der Waals surface area contributed by atoms with Crippen LogP contribution in [0.3, 0.4) is 0 Å². The second kappa shape index (κ2) is 7.80. The Balaban J connectivity index is 1.70. The fourth-order valence-electron chi connectivity index (χ4n) is 3.34. The van der Waals surface area contributed by atoms with Crippen LogP contribution in [0.5, 0.6) is 17.2 Å². The van der Waals surface area contributed by atoms with E-state index >= 15 is 0 Å². The van der Waals surface area contributed by atoms with Crippen LogP contribution in [0.2, 0.25) is 0 Å². The third-order valence-corrected chi connectivity index (χ3v) is 6.37. The maximum Gasteiger partial charge on any atom is 0.316 e. The monoisotopic (exact) mass is 467 g/mol. The minimum Gasteiger partial charge on any atom is -0.486 e. The van der Waals surface area contributed by atoms with Crippen LogP contribution in [0.1, 0.15) is 11.6 Å². The first-order chi connectivity index (χ1) is 14.6. The normalized spacial score (nSPS) is 21.4. The lowest BCUT2D eigenvalue weighted by molar-refractivity contribution is -0.110. The maximum absolute atomic E-state index is 13.9. The zero-order valence-corrected chi connectivity index (χ0v) is 16.5. The summed E-state index contributed by atoms with van der Waals surface area (Å²) < 4.78 is 109. The number of hydroxylamine groups is 2. The number of hydrogen-bond donors (Lipinski definition) is 0. The van der Waals surface area contributed by atoms with Crippen molar-refractivity contribution in [1.82, 2.24) is 5.06 Å². The summed E-state index contributed by atoms with van der Waals surface area (Å²) in [5.74, 6) is -13.0. The van der Waals surface area contributed by atoms with E-state index in [9.17, 15) is 30.4 Å². The van der Waals surface area contributed by atoms with E-state index in [1.165, 1.54) is 24.2 Å². The number of fused-ring (bicyclic) bond motifs is 1. The standard InChI is InChI=1S/C18H14F5NO6S/c1-24-17(8-2-3-9-10(6-8)28-5-4-27-9)11(7-29-24)31(25,26)30-18-15(22)13(20)12(19)14(21)16(18)23/h2-3,6,11,17H,4-5,7H2,1H3. The van der Waals surface area contributed by atoms with Crippen LogP contribution in [0.4, 0.5) is 22.0 Å². The van der Waals surface area contributed by atoms with E-state index in [1.807, 2.05) is 0 Å². The quantitative estimate of drug-likeness (QED) is 0.296. The zero-order chi connectivity index (χ0) is 22.5. The summed E-state index contributed by atoms with van der Waals surface area (Å²) in [7, 11) is -3.52. The van der Waals surface area contributed by atoms with E-state index < -0.39 is 62.9 Å². The summed E-state index contributed by atoms with van der Waals surface area (Å²) in [6.07, 6.45) is 0. The molecule has 0 radical (unpaired) electrons. The smallest absolute Gasteiger partial charge is 0.316 e. The Morgan fingerprint density at radius 1 is 0.935 bits per heavy atom. The molecule has 31 heavy (non-hydrogen) atoms. The maximum atomic E-state index is 13.9. The lowest BCUT2D eigenvalue weighted by Gasteiger charge is -2.25. The van der Waals surface area contributed by atoms with E-state index in [2.05, 4.69) is 4.18 Å². The first-order valence-electron chi connectivity index (χ1n) is 8.82. The molecular formula is C18H14F5NO6S. The molecule has 0 bridgehead atoms. The van der Waals surface area contributed by atoms with E-state index in [0.29, 0.717) is 23.7 Å². The van der Waals surface area contributed by atoms with Gasteiger partial charge in [-0.15, -0.1) is 0 Å². The summed E-state index contributed by atoms with van der Waals surface area (Å²) >= 11 is 0. The highest BCUT2D eigenvalue weighted by Crippen LogP contribution is 2.40. The average molecular weight is 467 g/mol. The van der Waals surface area contributed by atoms with Gasteiger partial charge in [0.1, 0.15) is 18.5 Å². The van der Waals surface area contributed by atoms with Crippen molar-refractivity contribution in [3.8, 4) is 17.2 Å². The van der Waals surface area contributed by atoms with Crippen LogP contribution < -0.4 is 13.7 Å². The third-order valence-electron chi connectivity index (χ3n) is 4.83. The molecule has 0 aromatic heterocycles. The third kappa shape index (κ3) is 3.66. The average Bonchev–Trinajstić information content (AvgIpc) is 3.16. The first-order valence-corrected chi connectivity index (χ1v) is 10.3. The van der Waals surface area contributed by atoms with Crippen LogP contribution in [-0.4, -0.2) is 45.6 Å². The Hall–Kier alpha value is -2.64. The van der Waals surface area contributed by atoms with Gasteiger partial charge in [0.2, 0.25) is 34.8 Å². The second-order valence-corrected chi connectivity index (χ2v) is 8.46. The fourth-order valence-corrected chi connectivity index (χ4v) is 4.72. The van der Waals surface area contributed by atoms with Crippen molar-refractivity contribution in [2.75, 3.05) is 26.9 Å². The molecule has 0 saturated carbocycles. The molecule has 13 heteroatoms. The van der Waals surface area contributed by atoms with Crippen LogP contribution >= 0.6 is 0 Å². The van der Waals surface area contributed by atoms with Crippen LogP contribution in [0.25, 0.3) is 0 Å². The molecule has 2 atom stereocenters. The van der Waals surface area contributed by atoms with Gasteiger partial charge in [0, 0.05) is 7.05 Å². The summed E-state index contributed by atoms with van der Waals surface area (Å²) in [6.45, 7) is 0.122. The molecule has 1 fully saturated rings. The lowest BCUT2D eigenvalue weighted by atomic mass is 10.0. The molecule has 0 amide bonds. The molecule has 0 spiro atoms. The number of rotatable bonds is 4. The number of hydrogen-bond acceptors (Lipinski definition) is 7. The van der Waals surface area contributed by atoms with Crippen LogP contribution in [-0.2, 0) is 15.0 Å². The van der Waals surface area contributed by atoms with Crippen molar-refractivity contribution in [1.29, 1.82) is 0 Å². The highest BCUT2D eigenvalue weighted by molar-refractivity contribution is 7.87. The molecule has 7 nitrogen and oxygen atoms in total. The Kier molecular flexibility index (Phi) is 5.43. The zero-order valence-electron chi connectivity index (χ0n) is 15.7. The topological polar surface area (TPSA) is 74.3 Å². The Labute approximate surface area is 172 Å². The van der Waals surface area contributed by atoms with Crippen molar-refractivity contribution in [2.45, 2.75) is 11.3 Å². The molecule has 2 aromatic rings. The SMILES string of the molecule is CN1OCC(S(=O)(=O)Oc2c(F)c(F)c(F)c(F)c2F)C1c1ccc2c(c1)OCCO2. The molecule has 168 valence electrons. The minimum atomic E-state index is -4.93. The van der Waals surface area contributed by atoms with Crippen molar-refractivity contribution in [3.05, 3.63) is 52.8 Å². The molecule has 2 aliphatic heterocycles. The molecular weight excluding hydrogens is 453 g/mol. The van der Waals surface area contributed by atoms with Crippen molar-refractivity contribution < 1.29 is 48.9 Å². The summed E-state index contributed by atoms with van der Waals surface area (Å²) in [5.41, 5.74) is 0.374. The van der Waals surface area contributed by atoms with Gasteiger partial charge in [-0.1, -0.05) is 6.07 Å². The van der Waals surface area contributed by atoms with Crippen molar-refractivity contribution >= 4 is 10.1 Å². The van der Waals surface area contributed by atoms with Gasteiger partial charge >= 0.3 is 10.1 Å². The fraction of sp³-hybridized carbons (Fsp3) is 0.333. The predicted octanol–water partition coefficient (Wildman–Crippen LogP) is 2.85. The number of nitrogens with zero attached hydrogens (tertiary/aromatic N) is 1. The molecule has 0 aliphatic carbocycles. The summed E-state index contributed by atoms with van der Waals surface area (Å²) in [4.78, 5) is 5.23. The van der Waals surface area contributed by atoms with Crippen molar-refractivity contribution in [3.63, 3.8) is 0 Å². The molecule has 2 aliphatic rings. The molecule has 2 heterocycles. The summed E-state index contributed by atoms with van der Waals surface area (Å²) in [5, 5.41) is -0.384. The highest BCUT2D eigenvalue weighted by Gasteiger charge is 2.46. The largest absolute Gasteiger partial charge is 0.486 e. The molecule has 2 aromatic carbocycles. The van der Waals surface area contributed by atoms with E-state index in [1.54, 1.807) is 6.07 Å².